The Hall–Kier alpha value is -2.14. The Morgan fingerprint density at radius 2 is 1.50 bits per heavy atom. The number of hydrogen-bond acceptors (Lipinski definition) is 1. The molecule has 0 heterocycles. The van der Waals surface area contributed by atoms with E-state index in [1.807, 2.05) is 12.1 Å². The number of rotatable bonds is 7. The van der Waals surface area contributed by atoms with Crippen LogP contribution in [-0.4, -0.2) is 0 Å². The van der Waals surface area contributed by atoms with Crippen LogP contribution < -0.4 is 0 Å². The average Bonchev–Trinajstić information content (AvgIpc) is 2.84. The summed E-state index contributed by atoms with van der Waals surface area (Å²) in [5.74, 6) is 3.89. The summed E-state index contributed by atoms with van der Waals surface area (Å²) in [6, 6.07) is 18.0. The van der Waals surface area contributed by atoms with Gasteiger partial charge in [-0.3, -0.25) is 0 Å². The van der Waals surface area contributed by atoms with E-state index >= 15 is 0 Å². The van der Waals surface area contributed by atoms with Crippen LogP contribution in [-0.2, 0) is 6.42 Å². The van der Waals surface area contributed by atoms with Crippen LogP contribution in [0.2, 0.25) is 0 Å². The minimum Gasteiger partial charge on any atom is -0.206 e. The number of benzene rings is 2. The minimum absolute atomic E-state index is 0.151. The molecule has 2 saturated carbocycles. The van der Waals surface area contributed by atoms with Crippen molar-refractivity contribution < 1.29 is 4.39 Å². The van der Waals surface area contributed by atoms with Gasteiger partial charge in [0.15, 0.2) is 0 Å². The smallest absolute Gasteiger partial charge is 0.141 e. The van der Waals surface area contributed by atoms with Gasteiger partial charge in [0.25, 0.3) is 0 Å². The Morgan fingerprint density at radius 3 is 2.09 bits per heavy atom. The Balaban J connectivity index is 1.16. The second kappa shape index (κ2) is 11.1. The summed E-state index contributed by atoms with van der Waals surface area (Å²) >= 11 is 0. The zero-order valence-corrected chi connectivity index (χ0v) is 19.6. The first-order valence-corrected chi connectivity index (χ1v) is 12.9. The molecule has 0 N–H and O–H groups in total. The zero-order valence-electron chi connectivity index (χ0n) is 19.6. The molecule has 2 aliphatic rings. The zero-order chi connectivity index (χ0) is 22.3. The van der Waals surface area contributed by atoms with E-state index in [1.54, 1.807) is 12.1 Å². The molecule has 0 aliphatic heterocycles. The second-order valence-electron chi connectivity index (χ2n) is 10.6. The van der Waals surface area contributed by atoms with Gasteiger partial charge >= 0.3 is 0 Å². The Bertz CT molecular complexity index is 883. The number of halogens is 1. The fourth-order valence-corrected chi connectivity index (χ4v) is 6.44. The highest BCUT2D eigenvalue weighted by molar-refractivity contribution is 5.33. The van der Waals surface area contributed by atoms with Gasteiger partial charge in [-0.15, -0.1) is 0 Å². The van der Waals surface area contributed by atoms with Gasteiger partial charge in [0, 0.05) is 0 Å². The third kappa shape index (κ3) is 6.00. The van der Waals surface area contributed by atoms with Crippen LogP contribution in [0.1, 0.15) is 93.7 Å². The fourth-order valence-electron chi connectivity index (χ4n) is 6.44. The van der Waals surface area contributed by atoms with Crippen molar-refractivity contribution in [1.82, 2.24) is 0 Å². The van der Waals surface area contributed by atoms with Crippen LogP contribution in [0, 0.1) is 40.8 Å². The summed E-state index contributed by atoms with van der Waals surface area (Å²) in [6.07, 6.45) is 14.6. The van der Waals surface area contributed by atoms with Crippen LogP contribution >= 0.6 is 0 Å². The highest BCUT2D eigenvalue weighted by Crippen LogP contribution is 2.43. The minimum atomic E-state index is -0.373. The van der Waals surface area contributed by atoms with Crippen molar-refractivity contribution in [3.63, 3.8) is 0 Å². The van der Waals surface area contributed by atoms with E-state index in [-0.39, 0.29) is 11.4 Å². The molecular formula is C30H38FN. The van der Waals surface area contributed by atoms with E-state index < -0.39 is 0 Å². The van der Waals surface area contributed by atoms with Gasteiger partial charge in [-0.25, -0.2) is 4.39 Å². The molecule has 2 fully saturated rings. The van der Waals surface area contributed by atoms with Gasteiger partial charge in [-0.05, 0) is 97.8 Å². The summed E-state index contributed by atoms with van der Waals surface area (Å²) < 4.78 is 13.8. The number of nitrogens with zero attached hydrogens (tertiary/aromatic N) is 1. The maximum absolute atomic E-state index is 13.8. The lowest BCUT2D eigenvalue weighted by atomic mass is 9.67. The average molecular weight is 432 g/mol. The molecule has 0 amide bonds. The van der Waals surface area contributed by atoms with Gasteiger partial charge in [0.2, 0.25) is 0 Å². The normalized spacial score (nSPS) is 26.9. The van der Waals surface area contributed by atoms with Gasteiger partial charge in [-0.2, -0.15) is 5.26 Å². The molecule has 0 saturated heterocycles. The van der Waals surface area contributed by atoms with Gasteiger partial charge < -0.3 is 0 Å². The highest BCUT2D eigenvalue weighted by atomic mass is 19.1. The number of nitriles is 1. The molecule has 1 atom stereocenters. The van der Waals surface area contributed by atoms with Crippen molar-refractivity contribution in [2.75, 3.05) is 0 Å². The SMILES string of the molecule is C[C@@H](CC1CCC(C2CCC(CCc3ccc(C#N)c(F)c3)CC2)CC1)c1ccccc1. The van der Waals surface area contributed by atoms with E-state index in [0.29, 0.717) is 5.92 Å². The van der Waals surface area contributed by atoms with Crippen molar-refractivity contribution in [3.8, 4) is 6.07 Å². The predicted molar refractivity (Wildman–Crippen MR) is 130 cm³/mol. The maximum Gasteiger partial charge on any atom is 0.141 e. The monoisotopic (exact) mass is 431 g/mol. The van der Waals surface area contributed by atoms with Crippen molar-refractivity contribution in [1.29, 1.82) is 5.26 Å². The Morgan fingerprint density at radius 1 is 0.875 bits per heavy atom. The van der Waals surface area contributed by atoms with Crippen LogP contribution in [0.5, 0.6) is 0 Å². The quantitative estimate of drug-likeness (QED) is 0.431. The van der Waals surface area contributed by atoms with Crippen LogP contribution in [0.4, 0.5) is 4.39 Å². The molecule has 1 nitrogen and oxygen atoms in total. The lowest BCUT2D eigenvalue weighted by Gasteiger charge is -2.38. The topological polar surface area (TPSA) is 23.8 Å². The van der Waals surface area contributed by atoms with E-state index in [9.17, 15) is 4.39 Å². The molecule has 0 aromatic heterocycles. The van der Waals surface area contributed by atoms with E-state index in [4.69, 9.17) is 5.26 Å². The molecule has 0 radical (unpaired) electrons. The fraction of sp³-hybridized carbons (Fsp3) is 0.567. The molecule has 2 aromatic carbocycles. The first-order chi connectivity index (χ1) is 15.6. The standard InChI is InChI=1S/C30H38FN/c1-22(26-5-3-2-4-6-26)19-24-11-16-28(17-12-24)27-14-9-23(10-15-27)7-8-25-13-18-29(21-32)30(31)20-25/h2-6,13,18,20,22-24,27-28H,7-12,14-17,19H2,1H3/t22-,23?,24?,27?,28?/m0/s1. The van der Waals surface area contributed by atoms with Gasteiger partial charge in [-0.1, -0.05) is 69.0 Å². The third-order valence-corrected chi connectivity index (χ3v) is 8.50. The van der Waals surface area contributed by atoms with Crippen molar-refractivity contribution >= 4 is 0 Å². The molecule has 2 heteroatoms. The van der Waals surface area contributed by atoms with Crippen molar-refractivity contribution in [2.45, 2.75) is 83.5 Å². The van der Waals surface area contributed by atoms with Gasteiger partial charge in [0.1, 0.15) is 11.9 Å². The molecule has 4 rings (SSSR count). The second-order valence-corrected chi connectivity index (χ2v) is 10.6. The third-order valence-electron chi connectivity index (χ3n) is 8.50. The molecule has 32 heavy (non-hydrogen) atoms. The summed E-state index contributed by atoms with van der Waals surface area (Å²) in [6.45, 7) is 2.40. The van der Waals surface area contributed by atoms with Crippen LogP contribution in [0.3, 0.4) is 0 Å². The Labute approximate surface area is 194 Å². The van der Waals surface area contributed by atoms with E-state index in [2.05, 4.69) is 37.3 Å². The lowest BCUT2D eigenvalue weighted by molar-refractivity contribution is 0.139. The lowest BCUT2D eigenvalue weighted by Crippen LogP contribution is -2.26. The molecule has 170 valence electrons. The molecule has 2 aromatic rings. The van der Waals surface area contributed by atoms with Crippen molar-refractivity contribution in [2.24, 2.45) is 23.7 Å². The number of hydrogen-bond donors (Lipinski definition) is 0. The summed E-state index contributed by atoms with van der Waals surface area (Å²) in [7, 11) is 0. The first-order valence-electron chi connectivity index (χ1n) is 12.9. The van der Waals surface area contributed by atoms with Gasteiger partial charge in [0.05, 0.1) is 5.56 Å². The summed E-state index contributed by atoms with van der Waals surface area (Å²) in [4.78, 5) is 0. The van der Waals surface area contributed by atoms with Crippen LogP contribution in [0.25, 0.3) is 0 Å². The molecule has 0 bridgehead atoms. The van der Waals surface area contributed by atoms with E-state index in [0.717, 1.165) is 42.1 Å². The van der Waals surface area contributed by atoms with Crippen LogP contribution in [0.15, 0.2) is 48.5 Å². The van der Waals surface area contributed by atoms with E-state index in [1.165, 1.54) is 63.4 Å². The Kier molecular flexibility index (Phi) is 8.01. The molecule has 2 aliphatic carbocycles. The molecule has 0 spiro atoms. The highest BCUT2D eigenvalue weighted by Gasteiger charge is 2.31. The number of aryl methyl sites for hydroxylation is 1. The maximum atomic E-state index is 13.8. The predicted octanol–water partition coefficient (Wildman–Crippen LogP) is 8.44. The van der Waals surface area contributed by atoms with Crippen molar-refractivity contribution in [3.05, 3.63) is 71.0 Å². The molecule has 0 unspecified atom stereocenters. The largest absolute Gasteiger partial charge is 0.206 e. The summed E-state index contributed by atoms with van der Waals surface area (Å²) in [5, 5.41) is 8.89. The molecular weight excluding hydrogens is 393 g/mol. The first kappa shape index (κ1) is 23.0. The summed E-state index contributed by atoms with van der Waals surface area (Å²) in [5.41, 5.74) is 2.68.